The summed E-state index contributed by atoms with van der Waals surface area (Å²) >= 11 is 0. The van der Waals surface area contributed by atoms with Crippen LogP contribution in [0.2, 0.25) is 0 Å². The van der Waals surface area contributed by atoms with Crippen LogP contribution in [-0.4, -0.2) is 26.9 Å². The highest BCUT2D eigenvalue weighted by Gasteiger charge is 2.24. The third-order valence-corrected chi connectivity index (χ3v) is 5.28. The second-order valence-corrected chi connectivity index (χ2v) is 6.94. The maximum Gasteiger partial charge on any atom is 0.243 e. The number of sulfonamides is 1. The summed E-state index contributed by atoms with van der Waals surface area (Å²) < 4.78 is 37.0. The Labute approximate surface area is 125 Å². The summed E-state index contributed by atoms with van der Waals surface area (Å²) in [5, 5.41) is 0. The fraction of sp³-hybridized carbons (Fsp3) is 0.333. The molecule has 0 amide bonds. The topological polar surface area (TPSA) is 59.8 Å². The first-order chi connectivity index (χ1) is 9.86. The number of methoxy groups -OCH3 is 1. The normalized spacial score (nSPS) is 11.9. The Morgan fingerprint density at radius 1 is 1.24 bits per heavy atom. The zero-order valence-electron chi connectivity index (χ0n) is 12.6. The number of benzene rings is 1. The van der Waals surface area contributed by atoms with E-state index in [0.29, 0.717) is 17.1 Å². The van der Waals surface area contributed by atoms with Crippen LogP contribution < -0.4 is 4.74 Å². The van der Waals surface area contributed by atoms with Crippen LogP contribution in [0.5, 0.6) is 5.75 Å². The van der Waals surface area contributed by atoms with Crippen molar-refractivity contribution in [2.45, 2.75) is 25.3 Å². The lowest BCUT2D eigenvalue weighted by Gasteiger charge is -2.18. The molecule has 0 saturated carbocycles. The minimum absolute atomic E-state index is 0.194. The number of hydrogen-bond acceptors (Lipinski definition) is 4. The van der Waals surface area contributed by atoms with E-state index < -0.39 is 10.0 Å². The van der Waals surface area contributed by atoms with E-state index >= 15 is 0 Å². The average molecular weight is 309 g/mol. The Bertz CT molecular complexity index is 720. The van der Waals surface area contributed by atoms with Gasteiger partial charge >= 0.3 is 0 Å². The summed E-state index contributed by atoms with van der Waals surface area (Å²) in [5.41, 5.74) is 1.44. The van der Waals surface area contributed by atoms with Gasteiger partial charge in [-0.15, -0.1) is 0 Å². The van der Waals surface area contributed by atoms with Gasteiger partial charge in [0.1, 0.15) is 11.5 Å². The quantitative estimate of drug-likeness (QED) is 0.852. The summed E-state index contributed by atoms with van der Waals surface area (Å²) in [6, 6.07) is 6.86. The van der Waals surface area contributed by atoms with Crippen molar-refractivity contribution in [3.05, 3.63) is 47.4 Å². The smallest absolute Gasteiger partial charge is 0.243 e. The van der Waals surface area contributed by atoms with Crippen LogP contribution in [0.25, 0.3) is 0 Å². The van der Waals surface area contributed by atoms with E-state index in [1.54, 1.807) is 38.3 Å². The van der Waals surface area contributed by atoms with E-state index in [1.807, 2.05) is 6.92 Å². The standard InChI is InChI=1S/C15H19NO4S/c1-11-9-15(12(2)8-14(11)19-4)21(17,18)16(3)10-13-6-5-7-20-13/h5-9H,10H2,1-4H3. The molecule has 1 aromatic carbocycles. The van der Waals surface area contributed by atoms with Crippen molar-refractivity contribution in [3.63, 3.8) is 0 Å². The Morgan fingerprint density at radius 3 is 2.52 bits per heavy atom. The second-order valence-electron chi connectivity index (χ2n) is 4.93. The van der Waals surface area contributed by atoms with E-state index in [4.69, 9.17) is 9.15 Å². The molecule has 21 heavy (non-hydrogen) atoms. The minimum atomic E-state index is -3.58. The molecule has 2 rings (SSSR count). The van der Waals surface area contributed by atoms with Crippen LogP contribution in [0.4, 0.5) is 0 Å². The van der Waals surface area contributed by atoms with Gasteiger partial charge < -0.3 is 9.15 Å². The van der Waals surface area contributed by atoms with E-state index in [2.05, 4.69) is 0 Å². The maximum atomic E-state index is 12.7. The first-order valence-electron chi connectivity index (χ1n) is 6.50. The molecule has 5 nitrogen and oxygen atoms in total. The van der Waals surface area contributed by atoms with Gasteiger partial charge in [-0.05, 0) is 49.2 Å². The van der Waals surface area contributed by atoms with E-state index in [-0.39, 0.29) is 11.4 Å². The first-order valence-corrected chi connectivity index (χ1v) is 7.94. The highest BCUT2D eigenvalue weighted by atomic mass is 32.2. The summed E-state index contributed by atoms with van der Waals surface area (Å²) in [6.45, 7) is 3.78. The number of aryl methyl sites for hydroxylation is 2. The fourth-order valence-corrected chi connectivity index (χ4v) is 3.56. The van der Waals surface area contributed by atoms with Gasteiger partial charge in [0.25, 0.3) is 0 Å². The SMILES string of the molecule is COc1cc(C)c(S(=O)(=O)N(C)Cc2ccco2)cc1C. The molecule has 2 aromatic rings. The molecule has 1 aromatic heterocycles. The Morgan fingerprint density at radius 2 is 1.95 bits per heavy atom. The van der Waals surface area contributed by atoms with Crippen molar-refractivity contribution in [1.82, 2.24) is 4.31 Å². The molecule has 0 N–H and O–H groups in total. The summed E-state index contributed by atoms with van der Waals surface area (Å²) in [5.74, 6) is 1.28. The lowest BCUT2D eigenvalue weighted by Crippen LogP contribution is -2.27. The molecular weight excluding hydrogens is 290 g/mol. The Kier molecular flexibility index (Phi) is 4.39. The number of ether oxygens (including phenoxy) is 1. The number of rotatable bonds is 5. The minimum Gasteiger partial charge on any atom is -0.496 e. The van der Waals surface area contributed by atoms with Gasteiger partial charge in [0, 0.05) is 7.05 Å². The molecule has 0 aliphatic carbocycles. The first kappa shape index (κ1) is 15.6. The van der Waals surface area contributed by atoms with Crippen LogP contribution in [0.15, 0.2) is 39.8 Å². The fourth-order valence-electron chi connectivity index (χ4n) is 2.14. The molecule has 0 aliphatic heterocycles. The van der Waals surface area contributed by atoms with E-state index in [1.165, 1.54) is 17.6 Å². The third-order valence-electron chi connectivity index (χ3n) is 3.34. The molecule has 0 atom stereocenters. The number of furan rings is 1. The number of nitrogens with zero attached hydrogens (tertiary/aromatic N) is 1. The predicted molar refractivity (Wildman–Crippen MR) is 79.8 cm³/mol. The molecule has 1 heterocycles. The van der Waals surface area contributed by atoms with Gasteiger partial charge in [0.2, 0.25) is 10.0 Å². The third kappa shape index (κ3) is 3.11. The lowest BCUT2D eigenvalue weighted by atomic mass is 10.1. The van der Waals surface area contributed by atoms with Crippen molar-refractivity contribution >= 4 is 10.0 Å². The van der Waals surface area contributed by atoms with E-state index in [0.717, 1.165) is 5.56 Å². The molecule has 0 fully saturated rings. The van der Waals surface area contributed by atoms with Crippen molar-refractivity contribution in [2.24, 2.45) is 0 Å². The molecule has 114 valence electrons. The molecule has 0 saturated heterocycles. The Balaban J connectivity index is 2.37. The molecule has 0 spiro atoms. The zero-order chi connectivity index (χ0) is 15.6. The molecule has 0 bridgehead atoms. The molecule has 6 heteroatoms. The highest BCUT2D eigenvalue weighted by Crippen LogP contribution is 2.27. The second kappa shape index (κ2) is 5.91. The van der Waals surface area contributed by atoms with Gasteiger partial charge in [0.15, 0.2) is 0 Å². The largest absolute Gasteiger partial charge is 0.496 e. The molecular formula is C15H19NO4S. The van der Waals surface area contributed by atoms with Crippen LogP contribution in [-0.2, 0) is 16.6 Å². The predicted octanol–water partition coefficient (Wildman–Crippen LogP) is 2.73. The number of hydrogen-bond donors (Lipinski definition) is 0. The van der Waals surface area contributed by atoms with Crippen LogP contribution in [0.3, 0.4) is 0 Å². The van der Waals surface area contributed by atoms with Crippen LogP contribution in [0, 0.1) is 13.8 Å². The average Bonchev–Trinajstić information content (AvgIpc) is 2.93. The van der Waals surface area contributed by atoms with Gasteiger partial charge in [-0.25, -0.2) is 8.42 Å². The van der Waals surface area contributed by atoms with Gasteiger partial charge in [-0.3, -0.25) is 0 Å². The van der Waals surface area contributed by atoms with Crippen molar-refractivity contribution < 1.29 is 17.6 Å². The lowest BCUT2D eigenvalue weighted by molar-refractivity contribution is 0.404. The van der Waals surface area contributed by atoms with Crippen molar-refractivity contribution in [2.75, 3.05) is 14.2 Å². The van der Waals surface area contributed by atoms with Gasteiger partial charge in [0.05, 0.1) is 24.8 Å². The monoisotopic (exact) mass is 309 g/mol. The maximum absolute atomic E-state index is 12.7. The van der Waals surface area contributed by atoms with Crippen molar-refractivity contribution in [3.8, 4) is 5.75 Å². The summed E-state index contributed by atoms with van der Waals surface area (Å²) in [6.07, 6.45) is 1.53. The molecule has 0 unspecified atom stereocenters. The Hall–Kier alpha value is -1.79. The zero-order valence-corrected chi connectivity index (χ0v) is 13.4. The van der Waals surface area contributed by atoms with Crippen LogP contribution >= 0.6 is 0 Å². The van der Waals surface area contributed by atoms with Gasteiger partial charge in [-0.1, -0.05) is 0 Å². The molecule has 0 aliphatic rings. The highest BCUT2D eigenvalue weighted by molar-refractivity contribution is 7.89. The van der Waals surface area contributed by atoms with Crippen molar-refractivity contribution in [1.29, 1.82) is 0 Å². The summed E-state index contributed by atoms with van der Waals surface area (Å²) in [4.78, 5) is 0.287. The molecule has 0 radical (unpaired) electrons. The summed E-state index contributed by atoms with van der Waals surface area (Å²) in [7, 11) is -0.468. The van der Waals surface area contributed by atoms with Gasteiger partial charge in [-0.2, -0.15) is 4.31 Å². The van der Waals surface area contributed by atoms with Crippen LogP contribution in [0.1, 0.15) is 16.9 Å². The van der Waals surface area contributed by atoms with E-state index in [9.17, 15) is 8.42 Å².